The number of hydrogen-bond acceptors (Lipinski definition) is 3. The van der Waals surface area contributed by atoms with E-state index in [0.29, 0.717) is 13.0 Å². The van der Waals surface area contributed by atoms with Crippen LogP contribution in [0.15, 0.2) is 0 Å². The molecule has 1 saturated heterocycles. The van der Waals surface area contributed by atoms with Gasteiger partial charge in [0.05, 0.1) is 6.61 Å². The summed E-state index contributed by atoms with van der Waals surface area (Å²) in [6, 6.07) is 0. The van der Waals surface area contributed by atoms with Crippen molar-refractivity contribution in [2.24, 2.45) is 0 Å². The molecule has 0 aromatic heterocycles. The first-order valence-electron chi connectivity index (χ1n) is 2.37. The van der Waals surface area contributed by atoms with E-state index in [9.17, 15) is 4.79 Å². The second-order valence-corrected chi connectivity index (χ2v) is 1.85. The van der Waals surface area contributed by atoms with Crippen molar-refractivity contribution < 1.29 is 14.1 Å². The first-order chi connectivity index (χ1) is 3.84. The molecule has 8 heavy (non-hydrogen) atoms. The smallest absolute Gasteiger partial charge is 0.335 e. The van der Waals surface area contributed by atoms with E-state index in [2.05, 4.69) is 9.26 Å². The second kappa shape index (κ2) is 2.42. The first-order valence-corrected chi connectivity index (χ1v) is 2.84. The predicted molar refractivity (Wildman–Crippen MR) is 30.2 cm³/mol. The molecule has 0 aromatic rings. The Morgan fingerprint density at radius 2 is 2.62 bits per heavy atom. The minimum atomic E-state index is -0.333. The third-order valence-electron chi connectivity index (χ3n) is 1.05. The molecule has 0 amide bonds. The minimum Gasteiger partial charge on any atom is -0.464 e. The van der Waals surface area contributed by atoms with Crippen LogP contribution in [-0.4, -0.2) is 18.7 Å². The van der Waals surface area contributed by atoms with Gasteiger partial charge in [-0.2, -0.15) is 0 Å². The molecule has 0 radical (unpaired) electrons. The quantitative estimate of drug-likeness (QED) is 0.377. The Balaban J connectivity index is 2.42. The van der Waals surface area contributed by atoms with Gasteiger partial charge in [0.2, 0.25) is 0 Å². The van der Waals surface area contributed by atoms with Crippen LogP contribution >= 0.6 is 9.47 Å². The number of rotatable bonds is 1. The molecule has 1 unspecified atom stereocenters. The molecule has 1 rings (SSSR count). The van der Waals surface area contributed by atoms with Gasteiger partial charge in [-0.25, -0.2) is 4.79 Å². The topological polar surface area (TPSA) is 35.5 Å². The second-order valence-electron chi connectivity index (χ2n) is 1.58. The Bertz CT molecular complexity index is 103. The molecular weight excluding hydrogens is 127 g/mol. The van der Waals surface area contributed by atoms with Crippen molar-refractivity contribution in [1.29, 1.82) is 0 Å². The van der Waals surface area contributed by atoms with Crippen LogP contribution in [0.25, 0.3) is 0 Å². The zero-order valence-electron chi connectivity index (χ0n) is 4.29. The number of hydrogen-bond donors (Lipinski definition) is 0. The summed E-state index contributed by atoms with van der Waals surface area (Å²) in [7, 11) is 2.05. The SMILES string of the molecule is O=C1OCC[C@@H]1OP. The van der Waals surface area contributed by atoms with E-state index in [-0.39, 0.29) is 12.1 Å². The van der Waals surface area contributed by atoms with Crippen molar-refractivity contribution in [2.75, 3.05) is 6.61 Å². The zero-order chi connectivity index (χ0) is 5.98. The van der Waals surface area contributed by atoms with E-state index in [1.54, 1.807) is 0 Å². The number of carbonyl (C=O) groups is 1. The van der Waals surface area contributed by atoms with Gasteiger partial charge in [-0.3, -0.25) is 0 Å². The van der Waals surface area contributed by atoms with Crippen molar-refractivity contribution in [3.8, 4) is 0 Å². The molecule has 1 heterocycles. The van der Waals surface area contributed by atoms with Gasteiger partial charge < -0.3 is 9.26 Å². The van der Waals surface area contributed by atoms with Gasteiger partial charge in [0, 0.05) is 15.9 Å². The summed E-state index contributed by atoms with van der Waals surface area (Å²) in [5.74, 6) is -0.250. The summed E-state index contributed by atoms with van der Waals surface area (Å²) in [5.41, 5.74) is 0. The maximum absolute atomic E-state index is 10.4. The third-order valence-corrected chi connectivity index (χ3v) is 1.38. The molecule has 0 N–H and O–H groups in total. The van der Waals surface area contributed by atoms with E-state index in [4.69, 9.17) is 0 Å². The molecular formula is C4H7O3P. The van der Waals surface area contributed by atoms with Crippen LogP contribution < -0.4 is 0 Å². The predicted octanol–water partition coefficient (Wildman–Crippen LogP) is 0.109. The maximum Gasteiger partial charge on any atom is 0.335 e. The average Bonchev–Trinajstić information content (AvgIpc) is 2.14. The summed E-state index contributed by atoms with van der Waals surface area (Å²) < 4.78 is 9.24. The van der Waals surface area contributed by atoms with E-state index in [1.165, 1.54) is 0 Å². The number of cyclic esters (lactones) is 1. The highest BCUT2D eigenvalue weighted by Gasteiger charge is 2.25. The minimum absolute atomic E-state index is 0.250. The molecule has 1 aliphatic rings. The lowest BCUT2D eigenvalue weighted by Crippen LogP contribution is -2.13. The summed E-state index contributed by atoms with van der Waals surface area (Å²) in [6.07, 6.45) is 0.350. The van der Waals surface area contributed by atoms with Crippen LogP contribution in [0.4, 0.5) is 0 Å². The fourth-order valence-electron chi connectivity index (χ4n) is 0.601. The standard InChI is InChI=1S/C4H7O3P/c5-4-3(7-8)1-2-6-4/h3H,1-2,8H2/t3-/m0/s1. The molecule has 3 nitrogen and oxygen atoms in total. The van der Waals surface area contributed by atoms with Crippen LogP contribution in [0.2, 0.25) is 0 Å². The Morgan fingerprint density at radius 3 is 2.88 bits per heavy atom. The van der Waals surface area contributed by atoms with Crippen LogP contribution in [0, 0.1) is 0 Å². The molecule has 1 aliphatic heterocycles. The maximum atomic E-state index is 10.4. The molecule has 0 aromatic carbocycles. The summed E-state index contributed by atoms with van der Waals surface area (Å²) in [4.78, 5) is 10.4. The monoisotopic (exact) mass is 134 g/mol. The van der Waals surface area contributed by atoms with Crippen LogP contribution in [-0.2, 0) is 14.1 Å². The lowest BCUT2D eigenvalue weighted by atomic mass is 10.3. The van der Waals surface area contributed by atoms with Crippen molar-refractivity contribution in [1.82, 2.24) is 0 Å². The number of esters is 1. The molecule has 0 bridgehead atoms. The van der Waals surface area contributed by atoms with E-state index in [0.717, 1.165) is 0 Å². The van der Waals surface area contributed by atoms with Crippen molar-refractivity contribution >= 4 is 15.4 Å². The fourth-order valence-corrected chi connectivity index (χ4v) is 0.848. The molecule has 0 spiro atoms. The van der Waals surface area contributed by atoms with Gasteiger partial charge >= 0.3 is 5.97 Å². The van der Waals surface area contributed by atoms with Gasteiger partial charge in [-0.05, 0) is 0 Å². The Hall–Kier alpha value is -0.140. The third kappa shape index (κ3) is 0.984. The highest BCUT2D eigenvalue weighted by atomic mass is 31.0. The summed E-state index contributed by atoms with van der Waals surface area (Å²) in [5, 5.41) is 0. The van der Waals surface area contributed by atoms with E-state index >= 15 is 0 Å². The Kier molecular flexibility index (Phi) is 1.81. The van der Waals surface area contributed by atoms with Crippen molar-refractivity contribution in [3.63, 3.8) is 0 Å². The van der Waals surface area contributed by atoms with Crippen LogP contribution in [0.1, 0.15) is 6.42 Å². The molecule has 46 valence electrons. The molecule has 4 heteroatoms. The summed E-state index contributed by atoms with van der Waals surface area (Å²) in [6.45, 7) is 0.498. The number of ether oxygens (including phenoxy) is 1. The van der Waals surface area contributed by atoms with Crippen molar-refractivity contribution in [3.05, 3.63) is 0 Å². The van der Waals surface area contributed by atoms with E-state index < -0.39 is 0 Å². The van der Waals surface area contributed by atoms with Gasteiger partial charge in [-0.15, -0.1) is 0 Å². The Morgan fingerprint density at radius 1 is 1.88 bits per heavy atom. The van der Waals surface area contributed by atoms with Crippen LogP contribution in [0.3, 0.4) is 0 Å². The van der Waals surface area contributed by atoms with Gasteiger partial charge in [0.15, 0.2) is 6.10 Å². The zero-order valence-corrected chi connectivity index (χ0v) is 5.45. The lowest BCUT2D eigenvalue weighted by Gasteiger charge is -1.97. The highest BCUT2D eigenvalue weighted by Crippen LogP contribution is 2.11. The highest BCUT2D eigenvalue weighted by molar-refractivity contribution is 7.09. The first kappa shape index (κ1) is 5.99. The number of carbonyl (C=O) groups excluding carboxylic acids is 1. The fraction of sp³-hybridized carbons (Fsp3) is 0.750. The molecule has 0 aliphatic carbocycles. The van der Waals surface area contributed by atoms with E-state index in [1.807, 2.05) is 9.47 Å². The average molecular weight is 134 g/mol. The van der Waals surface area contributed by atoms with Crippen LogP contribution in [0.5, 0.6) is 0 Å². The summed E-state index contributed by atoms with van der Waals surface area (Å²) >= 11 is 0. The Labute approximate surface area is 49.6 Å². The van der Waals surface area contributed by atoms with Crippen molar-refractivity contribution in [2.45, 2.75) is 12.5 Å². The van der Waals surface area contributed by atoms with Gasteiger partial charge in [0.25, 0.3) is 0 Å². The van der Waals surface area contributed by atoms with Gasteiger partial charge in [0.1, 0.15) is 0 Å². The van der Waals surface area contributed by atoms with Gasteiger partial charge in [-0.1, -0.05) is 0 Å². The molecule has 0 saturated carbocycles. The molecule has 1 fully saturated rings. The normalized spacial score (nSPS) is 28.1. The largest absolute Gasteiger partial charge is 0.464 e. The lowest BCUT2D eigenvalue weighted by molar-refractivity contribution is -0.143. The molecule has 2 atom stereocenters.